The van der Waals surface area contributed by atoms with Crippen LogP contribution >= 0.6 is 0 Å². The highest BCUT2D eigenvalue weighted by Crippen LogP contribution is 2.26. The number of hydrogen-bond donors (Lipinski definition) is 1. The molecule has 0 saturated heterocycles. The molecule has 70 valence electrons. The lowest BCUT2D eigenvalue weighted by atomic mass is 9.91. The predicted molar refractivity (Wildman–Crippen MR) is 45.7 cm³/mol. The summed E-state index contributed by atoms with van der Waals surface area (Å²) in [7, 11) is 3.34. The lowest BCUT2D eigenvalue weighted by molar-refractivity contribution is 0.0148. The lowest BCUT2D eigenvalue weighted by Gasteiger charge is -2.28. The molecule has 1 aliphatic carbocycles. The molecule has 1 N–H and O–H groups in total. The Balaban J connectivity index is 2.56. The summed E-state index contributed by atoms with van der Waals surface area (Å²) in [5.74, 6) is 1.15. The first-order chi connectivity index (χ1) is 5.81. The molecule has 12 heavy (non-hydrogen) atoms. The van der Waals surface area contributed by atoms with Gasteiger partial charge in [0.15, 0.2) is 0 Å². The third-order valence-corrected chi connectivity index (χ3v) is 2.37. The first-order valence-electron chi connectivity index (χ1n) is 4.18. The van der Waals surface area contributed by atoms with Gasteiger partial charge in [-0.2, -0.15) is 0 Å². The Bertz CT molecular complexity index is 165. The van der Waals surface area contributed by atoms with Crippen LogP contribution in [0, 0.1) is 5.92 Å². The molecule has 0 fully saturated rings. The summed E-state index contributed by atoms with van der Waals surface area (Å²) in [6.07, 6.45) is 3.80. The fraction of sp³-hybridized carbons (Fsp3) is 0.778. The lowest BCUT2D eigenvalue weighted by Crippen LogP contribution is -2.29. The highest BCUT2D eigenvalue weighted by Gasteiger charge is 2.25. The largest absolute Gasteiger partial charge is 0.501 e. The van der Waals surface area contributed by atoms with Crippen LogP contribution in [0.2, 0.25) is 0 Å². The van der Waals surface area contributed by atoms with Crippen molar-refractivity contribution < 1.29 is 14.6 Å². The highest BCUT2D eigenvalue weighted by atomic mass is 16.5. The van der Waals surface area contributed by atoms with E-state index in [4.69, 9.17) is 14.6 Å². The van der Waals surface area contributed by atoms with E-state index in [2.05, 4.69) is 0 Å². The molecule has 3 nitrogen and oxygen atoms in total. The zero-order chi connectivity index (χ0) is 8.97. The predicted octanol–water partition coefficient (Wildman–Crippen LogP) is 0.934. The van der Waals surface area contributed by atoms with Gasteiger partial charge in [0.1, 0.15) is 0 Å². The van der Waals surface area contributed by atoms with E-state index in [0.29, 0.717) is 0 Å². The van der Waals surface area contributed by atoms with E-state index in [1.54, 1.807) is 14.2 Å². The Hall–Kier alpha value is -0.540. The average Bonchev–Trinajstić information content (AvgIpc) is 2.16. The summed E-state index contributed by atoms with van der Waals surface area (Å²) >= 11 is 0. The van der Waals surface area contributed by atoms with Gasteiger partial charge in [0.05, 0.1) is 19.0 Å². The first-order valence-corrected chi connectivity index (χ1v) is 4.18. The molecule has 0 spiro atoms. The fourth-order valence-electron chi connectivity index (χ4n) is 1.55. The SMILES string of the molecule is COC1=CCC(OC)C(CO)C1. The van der Waals surface area contributed by atoms with Crippen LogP contribution in [-0.4, -0.2) is 32.0 Å². The van der Waals surface area contributed by atoms with Crippen molar-refractivity contribution in [3.05, 3.63) is 11.8 Å². The molecule has 2 atom stereocenters. The molecule has 0 saturated carbocycles. The number of rotatable bonds is 3. The van der Waals surface area contributed by atoms with Gasteiger partial charge in [0, 0.05) is 26.1 Å². The number of hydrogen-bond acceptors (Lipinski definition) is 3. The average molecular weight is 172 g/mol. The van der Waals surface area contributed by atoms with Crippen molar-refractivity contribution in [1.29, 1.82) is 0 Å². The smallest absolute Gasteiger partial charge is 0.0921 e. The molecular weight excluding hydrogens is 156 g/mol. The maximum atomic E-state index is 9.04. The van der Waals surface area contributed by atoms with Crippen LogP contribution < -0.4 is 0 Å². The minimum absolute atomic E-state index is 0.147. The number of methoxy groups -OCH3 is 2. The summed E-state index contributed by atoms with van der Waals surface area (Å²) in [6.45, 7) is 0.166. The molecule has 1 rings (SSSR count). The second-order valence-corrected chi connectivity index (χ2v) is 3.03. The van der Waals surface area contributed by atoms with Gasteiger partial charge in [-0.05, 0) is 12.5 Å². The van der Waals surface area contributed by atoms with Crippen molar-refractivity contribution >= 4 is 0 Å². The van der Waals surface area contributed by atoms with E-state index in [1.165, 1.54) is 0 Å². The molecule has 0 aromatic rings. The maximum absolute atomic E-state index is 9.04. The van der Waals surface area contributed by atoms with Crippen LogP contribution in [-0.2, 0) is 9.47 Å². The van der Waals surface area contributed by atoms with E-state index in [9.17, 15) is 0 Å². The molecule has 0 aromatic carbocycles. The van der Waals surface area contributed by atoms with Gasteiger partial charge in [0.2, 0.25) is 0 Å². The van der Waals surface area contributed by atoms with Crippen LogP contribution in [0.5, 0.6) is 0 Å². The Morgan fingerprint density at radius 3 is 2.83 bits per heavy atom. The first kappa shape index (κ1) is 9.55. The van der Waals surface area contributed by atoms with E-state index in [0.717, 1.165) is 18.6 Å². The van der Waals surface area contributed by atoms with E-state index in [-0.39, 0.29) is 18.6 Å². The number of ether oxygens (including phenoxy) is 2. The number of allylic oxidation sites excluding steroid dienone is 1. The third kappa shape index (κ3) is 1.99. The van der Waals surface area contributed by atoms with Crippen molar-refractivity contribution in [3.8, 4) is 0 Å². The van der Waals surface area contributed by atoms with Gasteiger partial charge in [-0.1, -0.05) is 0 Å². The summed E-state index contributed by atoms with van der Waals surface area (Å²) in [5, 5.41) is 9.04. The Morgan fingerprint density at radius 1 is 1.58 bits per heavy atom. The van der Waals surface area contributed by atoms with Gasteiger partial charge in [0.25, 0.3) is 0 Å². The summed E-state index contributed by atoms with van der Waals surface area (Å²) in [6, 6.07) is 0. The van der Waals surface area contributed by atoms with Crippen molar-refractivity contribution in [3.63, 3.8) is 0 Å². The van der Waals surface area contributed by atoms with Crippen LogP contribution in [0.15, 0.2) is 11.8 Å². The molecule has 0 aromatic heterocycles. The van der Waals surface area contributed by atoms with Gasteiger partial charge < -0.3 is 14.6 Å². The van der Waals surface area contributed by atoms with Gasteiger partial charge in [-0.3, -0.25) is 0 Å². The normalized spacial score (nSPS) is 29.8. The Kier molecular flexibility index (Phi) is 3.56. The van der Waals surface area contributed by atoms with E-state index < -0.39 is 0 Å². The second kappa shape index (κ2) is 4.48. The molecule has 2 unspecified atom stereocenters. The van der Waals surface area contributed by atoms with E-state index >= 15 is 0 Å². The quantitative estimate of drug-likeness (QED) is 0.688. The van der Waals surface area contributed by atoms with Crippen molar-refractivity contribution in [1.82, 2.24) is 0 Å². The molecule has 0 radical (unpaired) electrons. The minimum atomic E-state index is 0.147. The van der Waals surface area contributed by atoms with Crippen molar-refractivity contribution in [2.24, 2.45) is 5.92 Å². The fourth-order valence-corrected chi connectivity index (χ4v) is 1.55. The number of aliphatic hydroxyl groups is 1. The maximum Gasteiger partial charge on any atom is 0.0921 e. The van der Waals surface area contributed by atoms with Gasteiger partial charge in [-0.15, -0.1) is 0 Å². The monoisotopic (exact) mass is 172 g/mol. The highest BCUT2D eigenvalue weighted by molar-refractivity contribution is 5.02. The Morgan fingerprint density at radius 2 is 2.33 bits per heavy atom. The van der Waals surface area contributed by atoms with Crippen LogP contribution in [0.1, 0.15) is 12.8 Å². The number of aliphatic hydroxyl groups excluding tert-OH is 1. The molecule has 1 aliphatic rings. The topological polar surface area (TPSA) is 38.7 Å². The summed E-state index contributed by atoms with van der Waals surface area (Å²) in [4.78, 5) is 0. The zero-order valence-electron chi connectivity index (χ0n) is 7.62. The summed E-state index contributed by atoms with van der Waals surface area (Å²) < 4.78 is 10.3. The van der Waals surface area contributed by atoms with Crippen LogP contribution in [0.25, 0.3) is 0 Å². The molecule has 0 bridgehead atoms. The minimum Gasteiger partial charge on any atom is -0.501 e. The van der Waals surface area contributed by atoms with Gasteiger partial charge >= 0.3 is 0 Å². The summed E-state index contributed by atoms with van der Waals surface area (Å²) in [5.41, 5.74) is 0. The molecule has 0 amide bonds. The van der Waals surface area contributed by atoms with Crippen LogP contribution in [0.4, 0.5) is 0 Å². The molecule has 0 aliphatic heterocycles. The Labute approximate surface area is 73.0 Å². The third-order valence-electron chi connectivity index (χ3n) is 2.37. The molecule has 3 heteroatoms. The zero-order valence-corrected chi connectivity index (χ0v) is 7.62. The van der Waals surface area contributed by atoms with Crippen LogP contribution in [0.3, 0.4) is 0 Å². The van der Waals surface area contributed by atoms with Crippen molar-refractivity contribution in [2.75, 3.05) is 20.8 Å². The molecule has 0 heterocycles. The van der Waals surface area contributed by atoms with Crippen molar-refractivity contribution in [2.45, 2.75) is 18.9 Å². The van der Waals surface area contributed by atoms with Gasteiger partial charge in [-0.25, -0.2) is 0 Å². The van der Waals surface area contributed by atoms with E-state index in [1.807, 2.05) is 6.08 Å². The molecular formula is C9H16O3. The standard InChI is InChI=1S/C9H16O3/c1-11-8-3-4-9(12-2)7(5-8)6-10/h3,7,9-10H,4-6H2,1-2H3. The second-order valence-electron chi connectivity index (χ2n) is 3.03.